The third-order valence-corrected chi connectivity index (χ3v) is 2.97. The van der Waals surface area contributed by atoms with Crippen LogP contribution in [0.2, 0.25) is 0 Å². The van der Waals surface area contributed by atoms with Gasteiger partial charge in [-0.25, -0.2) is 0 Å². The first kappa shape index (κ1) is 17.8. The number of benzene rings is 1. The standard InChI is InChI=1S/C15H22N2O5/c1-21-12-5-4-11(10-13(12)22-2)6-8-17-15(20)14(19)16-7-3-9-18/h4-5,10,18H,3,6-9H2,1-2H3,(H,16,19)(H,17,20). The van der Waals surface area contributed by atoms with Crippen LogP contribution in [0.5, 0.6) is 11.5 Å². The smallest absolute Gasteiger partial charge is 0.309 e. The lowest BCUT2D eigenvalue weighted by molar-refractivity contribution is -0.139. The van der Waals surface area contributed by atoms with Crippen molar-refractivity contribution in [2.75, 3.05) is 33.9 Å². The summed E-state index contributed by atoms with van der Waals surface area (Å²) in [5, 5.41) is 13.6. The number of nitrogens with one attached hydrogen (secondary N) is 2. The molecule has 0 atom stereocenters. The fourth-order valence-corrected chi connectivity index (χ4v) is 1.80. The van der Waals surface area contributed by atoms with Gasteiger partial charge in [0.25, 0.3) is 0 Å². The summed E-state index contributed by atoms with van der Waals surface area (Å²) in [7, 11) is 3.12. The Hall–Kier alpha value is -2.28. The Kier molecular flexibility index (Phi) is 7.77. The third kappa shape index (κ3) is 5.61. The number of amides is 2. The van der Waals surface area contributed by atoms with Gasteiger partial charge < -0.3 is 25.2 Å². The third-order valence-electron chi connectivity index (χ3n) is 2.97. The lowest BCUT2D eigenvalue weighted by Crippen LogP contribution is -2.41. The molecule has 0 bridgehead atoms. The van der Waals surface area contributed by atoms with Gasteiger partial charge in [0, 0.05) is 19.7 Å². The molecule has 0 unspecified atom stereocenters. The molecule has 3 N–H and O–H groups in total. The molecule has 0 aromatic heterocycles. The molecule has 1 aromatic carbocycles. The zero-order valence-corrected chi connectivity index (χ0v) is 12.8. The summed E-state index contributed by atoms with van der Waals surface area (Å²) in [6, 6.07) is 5.48. The van der Waals surface area contributed by atoms with Gasteiger partial charge in [0.1, 0.15) is 0 Å². The average molecular weight is 310 g/mol. The summed E-state index contributed by atoms with van der Waals surface area (Å²) in [6.45, 7) is 0.585. The van der Waals surface area contributed by atoms with Gasteiger partial charge in [-0.2, -0.15) is 0 Å². The number of carbonyl (C=O) groups excluding carboxylic acids is 2. The van der Waals surface area contributed by atoms with Gasteiger partial charge in [-0.15, -0.1) is 0 Å². The van der Waals surface area contributed by atoms with E-state index >= 15 is 0 Å². The molecule has 0 radical (unpaired) electrons. The maximum Gasteiger partial charge on any atom is 0.309 e. The summed E-state index contributed by atoms with van der Waals surface area (Å²) >= 11 is 0. The molecule has 2 amide bonds. The van der Waals surface area contributed by atoms with Crippen LogP contribution in [0.1, 0.15) is 12.0 Å². The van der Waals surface area contributed by atoms with Crippen LogP contribution in [0.4, 0.5) is 0 Å². The second-order valence-corrected chi connectivity index (χ2v) is 4.53. The van der Waals surface area contributed by atoms with Crippen molar-refractivity contribution in [3.63, 3.8) is 0 Å². The van der Waals surface area contributed by atoms with E-state index < -0.39 is 11.8 Å². The highest BCUT2D eigenvalue weighted by atomic mass is 16.5. The van der Waals surface area contributed by atoms with Gasteiger partial charge in [0.2, 0.25) is 0 Å². The first-order valence-corrected chi connectivity index (χ1v) is 7.00. The molecule has 7 nitrogen and oxygen atoms in total. The van der Waals surface area contributed by atoms with Gasteiger partial charge in [0.15, 0.2) is 11.5 Å². The SMILES string of the molecule is COc1ccc(CCNC(=O)C(=O)NCCCO)cc1OC. The maximum atomic E-state index is 11.5. The lowest BCUT2D eigenvalue weighted by atomic mass is 10.1. The van der Waals surface area contributed by atoms with E-state index in [9.17, 15) is 9.59 Å². The first-order valence-electron chi connectivity index (χ1n) is 7.00. The molecule has 0 fully saturated rings. The summed E-state index contributed by atoms with van der Waals surface area (Å²) in [5.74, 6) is -0.120. The molecule has 0 spiro atoms. The maximum absolute atomic E-state index is 11.5. The molecule has 0 saturated carbocycles. The summed E-state index contributed by atoms with van der Waals surface area (Å²) in [6.07, 6.45) is 0.987. The van der Waals surface area contributed by atoms with Crippen LogP contribution in [-0.4, -0.2) is 50.8 Å². The first-order chi connectivity index (χ1) is 10.6. The van der Waals surface area contributed by atoms with E-state index in [1.165, 1.54) is 0 Å². The topological polar surface area (TPSA) is 96.9 Å². The summed E-state index contributed by atoms with van der Waals surface area (Å²) in [4.78, 5) is 22.9. The molecular formula is C15H22N2O5. The van der Waals surface area contributed by atoms with E-state index in [0.29, 0.717) is 30.9 Å². The van der Waals surface area contributed by atoms with Crippen molar-refractivity contribution in [3.05, 3.63) is 23.8 Å². The van der Waals surface area contributed by atoms with E-state index in [1.807, 2.05) is 12.1 Å². The highest BCUT2D eigenvalue weighted by Crippen LogP contribution is 2.27. The minimum atomic E-state index is -0.694. The van der Waals surface area contributed by atoms with Gasteiger partial charge in [-0.05, 0) is 30.5 Å². The van der Waals surface area contributed by atoms with Gasteiger partial charge >= 0.3 is 11.8 Å². The monoisotopic (exact) mass is 310 g/mol. The van der Waals surface area contributed by atoms with E-state index in [2.05, 4.69) is 10.6 Å². The predicted octanol–water partition coefficient (Wildman–Crippen LogP) is -0.139. The van der Waals surface area contributed by atoms with Crippen LogP contribution in [-0.2, 0) is 16.0 Å². The quantitative estimate of drug-likeness (QED) is 0.459. The number of aliphatic hydroxyl groups is 1. The van der Waals surface area contributed by atoms with Crippen LogP contribution in [0, 0.1) is 0 Å². The molecule has 1 rings (SSSR count). The van der Waals surface area contributed by atoms with Crippen LogP contribution in [0.15, 0.2) is 18.2 Å². The second kappa shape index (κ2) is 9.62. The van der Waals surface area contributed by atoms with Crippen molar-refractivity contribution in [2.45, 2.75) is 12.8 Å². The van der Waals surface area contributed by atoms with E-state index in [4.69, 9.17) is 14.6 Å². The number of rotatable bonds is 8. The Labute approximate surface area is 129 Å². The molecule has 0 aliphatic carbocycles. The number of ether oxygens (including phenoxy) is 2. The fourth-order valence-electron chi connectivity index (χ4n) is 1.80. The van der Waals surface area contributed by atoms with Gasteiger partial charge in [-0.1, -0.05) is 6.07 Å². The van der Waals surface area contributed by atoms with Crippen molar-refractivity contribution < 1.29 is 24.2 Å². The van der Waals surface area contributed by atoms with Gasteiger partial charge in [-0.3, -0.25) is 9.59 Å². The van der Waals surface area contributed by atoms with E-state index in [1.54, 1.807) is 20.3 Å². The van der Waals surface area contributed by atoms with Crippen LogP contribution in [0.3, 0.4) is 0 Å². The van der Waals surface area contributed by atoms with Crippen molar-refractivity contribution in [1.29, 1.82) is 0 Å². The number of hydrogen-bond acceptors (Lipinski definition) is 5. The molecule has 7 heteroatoms. The molecule has 22 heavy (non-hydrogen) atoms. The van der Waals surface area contributed by atoms with Crippen molar-refractivity contribution in [2.24, 2.45) is 0 Å². The predicted molar refractivity (Wildman–Crippen MR) is 81.0 cm³/mol. The normalized spacial score (nSPS) is 9.95. The zero-order valence-electron chi connectivity index (χ0n) is 12.8. The Morgan fingerprint density at radius 2 is 1.68 bits per heavy atom. The van der Waals surface area contributed by atoms with Crippen LogP contribution < -0.4 is 20.1 Å². The highest BCUT2D eigenvalue weighted by molar-refractivity contribution is 6.35. The molecule has 0 aliphatic heterocycles. The Morgan fingerprint density at radius 1 is 1.05 bits per heavy atom. The molecule has 0 saturated heterocycles. The van der Waals surface area contributed by atoms with E-state index in [0.717, 1.165) is 5.56 Å². The molecule has 1 aromatic rings. The van der Waals surface area contributed by atoms with Crippen molar-refractivity contribution in [3.8, 4) is 11.5 Å². The number of methoxy groups -OCH3 is 2. The Morgan fingerprint density at radius 3 is 2.27 bits per heavy atom. The Balaban J connectivity index is 2.40. The highest BCUT2D eigenvalue weighted by Gasteiger charge is 2.12. The molecular weight excluding hydrogens is 288 g/mol. The second-order valence-electron chi connectivity index (χ2n) is 4.53. The largest absolute Gasteiger partial charge is 0.493 e. The van der Waals surface area contributed by atoms with Crippen LogP contribution in [0.25, 0.3) is 0 Å². The van der Waals surface area contributed by atoms with Crippen molar-refractivity contribution in [1.82, 2.24) is 10.6 Å². The fraction of sp³-hybridized carbons (Fsp3) is 0.467. The molecule has 0 aliphatic rings. The minimum Gasteiger partial charge on any atom is -0.493 e. The lowest BCUT2D eigenvalue weighted by Gasteiger charge is -2.10. The summed E-state index contributed by atoms with van der Waals surface area (Å²) < 4.78 is 10.3. The number of hydrogen-bond donors (Lipinski definition) is 3. The van der Waals surface area contributed by atoms with E-state index in [-0.39, 0.29) is 13.2 Å². The van der Waals surface area contributed by atoms with Crippen molar-refractivity contribution >= 4 is 11.8 Å². The molecule has 122 valence electrons. The number of carbonyl (C=O) groups is 2. The van der Waals surface area contributed by atoms with Gasteiger partial charge in [0.05, 0.1) is 14.2 Å². The molecule has 0 heterocycles. The minimum absolute atomic E-state index is 0.0266. The van der Waals surface area contributed by atoms with Crippen LogP contribution >= 0.6 is 0 Å². The Bertz CT molecular complexity index is 505. The number of aliphatic hydroxyl groups excluding tert-OH is 1. The average Bonchev–Trinajstić information content (AvgIpc) is 2.54. The summed E-state index contributed by atoms with van der Waals surface area (Å²) in [5.41, 5.74) is 0.957. The zero-order chi connectivity index (χ0) is 16.4.